The van der Waals surface area contributed by atoms with Crippen LogP contribution in [0.4, 0.5) is 5.95 Å². The summed E-state index contributed by atoms with van der Waals surface area (Å²) in [6.07, 6.45) is 2.93. The Morgan fingerprint density at radius 1 is 1.15 bits per heavy atom. The van der Waals surface area contributed by atoms with Gasteiger partial charge in [-0.15, -0.1) is 0 Å². The second kappa shape index (κ2) is 8.03. The second-order valence-corrected chi connectivity index (χ2v) is 7.04. The molecular weight excluding hydrogens is 336 g/mol. The standard InChI is InChI=1S/C22H26N4O/c1-2-25(13-14-27)20-10-12-26(16-20)22-23-11-9-21(24-22)19-8-7-17-5-3-4-6-18(17)15-19/h3-9,11,15,20,27H,2,10,12-14,16H2,1H3. The average molecular weight is 362 g/mol. The van der Waals surface area contributed by atoms with Gasteiger partial charge in [-0.25, -0.2) is 9.97 Å². The molecule has 1 fully saturated rings. The minimum absolute atomic E-state index is 0.207. The van der Waals surface area contributed by atoms with Crippen LogP contribution in [0.5, 0.6) is 0 Å². The van der Waals surface area contributed by atoms with E-state index in [-0.39, 0.29) is 6.61 Å². The van der Waals surface area contributed by atoms with E-state index in [4.69, 9.17) is 4.98 Å². The van der Waals surface area contributed by atoms with Crippen LogP contribution in [-0.2, 0) is 0 Å². The smallest absolute Gasteiger partial charge is 0.225 e. The Labute approximate surface area is 160 Å². The molecule has 27 heavy (non-hydrogen) atoms. The predicted molar refractivity (Wildman–Crippen MR) is 110 cm³/mol. The minimum atomic E-state index is 0.207. The molecule has 1 N–H and O–H groups in total. The minimum Gasteiger partial charge on any atom is -0.395 e. The molecule has 0 bridgehead atoms. The van der Waals surface area contributed by atoms with Gasteiger partial charge in [0.05, 0.1) is 12.3 Å². The molecule has 5 nitrogen and oxygen atoms in total. The lowest BCUT2D eigenvalue weighted by Gasteiger charge is -2.26. The first-order valence-electron chi connectivity index (χ1n) is 9.70. The Morgan fingerprint density at radius 3 is 2.81 bits per heavy atom. The monoisotopic (exact) mass is 362 g/mol. The molecule has 0 saturated carbocycles. The fourth-order valence-corrected chi connectivity index (χ4v) is 3.96. The number of likely N-dealkylation sites (N-methyl/N-ethyl adjacent to an activating group) is 1. The lowest BCUT2D eigenvalue weighted by atomic mass is 10.1. The third-order valence-electron chi connectivity index (χ3n) is 5.44. The molecule has 3 aromatic rings. The molecule has 5 heteroatoms. The van der Waals surface area contributed by atoms with Gasteiger partial charge in [0.2, 0.25) is 5.95 Å². The molecule has 2 heterocycles. The van der Waals surface area contributed by atoms with E-state index in [1.165, 1.54) is 10.8 Å². The SMILES string of the molecule is CCN(CCO)C1CCN(c2nccc(-c3ccc4ccccc4c3)n2)C1. The highest BCUT2D eigenvalue weighted by Crippen LogP contribution is 2.25. The van der Waals surface area contributed by atoms with E-state index in [1.54, 1.807) is 0 Å². The van der Waals surface area contributed by atoms with Crippen molar-refractivity contribution in [1.82, 2.24) is 14.9 Å². The zero-order valence-electron chi connectivity index (χ0n) is 15.8. The topological polar surface area (TPSA) is 52.5 Å². The number of rotatable bonds is 6. The van der Waals surface area contributed by atoms with Crippen LogP contribution in [0.25, 0.3) is 22.0 Å². The van der Waals surface area contributed by atoms with Crippen molar-refractivity contribution in [3.63, 3.8) is 0 Å². The molecular formula is C22H26N4O. The molecule has 140 valence electrons. The molecule has 0 amide bonds. The molecule has 0 aliphatic carbocycles. The fourth-order valence-electron chi connectivity index (χ4n) is 3.96. The van der Waals surface area contributed by atoms with Crippen molar-refractivity contribution in [1.29, 1.82) is 0 Å². The predicted octanol–water partition coefficient (Wildman–Crippen LogP) is 3.19. The highest BCUT2D eigenvalue weighted by Gasteiger charge is 2.28. The molecule has 1 aromatic heterocycles. The third kappa shape index (κ3) is 3.80. The van der Waals surface area contributed by atoms with Crippen molar-refractivity contribution in [2.45, 2.75) is 19.4 Å². The second-order valence-electron chi connectivity index (χ2n) is 7.04. The van der Waals surface area contributed by atoms with Gasteiger partial charge in [0.25, 0.3) is 0 Å². The summed E-state index contributed by atoms with van der Waals surface area (Å²) in [4.78, 5) is 14.0. The lowest BCUT2D eigenvalue weighted by Crippen LogP contribution is -2.39. The van der Waals surface area contributed by atoms with Crippen LogP contribution in [0.3, 0.4) is 0 Å². The van der Waals surface area contributed by atoms with Crippen molar-refractivity contribution in [2.75, 3.05) is 37.7 Å². The highest BCUT2D eigenvalue weighted by molar-refractivity contribution is 5.86. The summed E-state index contributed by atoms with van der Waals surface area (Å²) in [5.74, 6) is 0.795. The Balaban J connectivity index is 1.55. The van der Waals surface area contributed by atoms with E-state index in [0.717, 1.165) is 49.8 Å². The molecule has 4 rings (SSSR count). The van der Waals surface area contributed by atoms with Gasteiger partial charge >= 0.3 is 0 Å². The maximum atomic E-state index is 9.27. The summed E-state index contributed by atoms with van der Waals surface area (Å²) in [5.41, 5.74) is 2.07. The van der Waals surface area contributed by atoms with E-state index >= 15 is 0 Å². The molecule has 0 spiro atoms. The molecule has 1 atom stereocenters. The van der Waals surface area contributed by atoms with Gasteiger partial charge < -0.3 is 10.0 Å². The zero-order valence-corrected chi connectivity index (χ0v) is 15.8. The number of aliphatic hydroxyl groups is 1. The van der Waals surface area contributed by atoms with Crippen molar-refractivity contribution in [3.8, 4) is 11.3 Å². The van der Waals surface area contributed by atoms with Gasteiger partial charge in [-0.2, -0.15) is 0 Å². The number of aromatic nitrogens is 2. The highest BCUT2D eigenvalue weighted by atomic mass is 16.3. The van der Waals surface area contributed by atoms with Crippen molar-refractivity contribution in [3.05, 3.63) is 54.7 Å². The van der Waals surface area contributed by atoms with Crippen LogP contribution >= 0.6 is 0 Å². The lowest BCUT2D eigenvalue weighted by molar-refractivity contribution is 0.165. The van der Waals surface area contributed by atoms with Crippen LogP contribution in [0.15, 0.2) is 54.7 Å². The van der Waals surface area contributed by atoms with Crippen LogP contribution in [0, 0.1) is 0 Å². The quantitative estimate of drug-likeness (QED) is 0.730. The van der Waals surface area contributed by atoms with Crippen molar-refractivity contribution in [2.24, 2.45) is 0 Å². The molecule has 0 radical (unpaired) electrons. The van der Waals surface area contributed by atoms with Crippen molar-refractivity contribution < 1.29 is 5.11 Å². The van der Waals surface area contributed by atoms with E-state index in [0.29, 0.717) is 6.04 Å². The van der Waals surface area contributed by atoms with Gasteiger partial charge in [-0.05, 0) is 35.9 Å². The fraction of sp³-hybridized carbons (Fsp3) is 0.364. The number of anilines is 1. The molecule has 1 unspecified atom stereocenters. The summed E-state index contributed by atoms with van der Waals surface area (Å²) in [7, 11) is 0. The van der Waals surface area contributed by atoms with E-state index in [2.05, 4.69) is 64.2 Å². The number of nitrogens with zero attached hydrogens (tertiary/aromatic N) is 4. The summed E-state index contributed by atoms with van der Waals surface area (Å²) in [6, 6.07) is 17.3. The summed E-state index contributed by atoms with van der Waals surface area (Å²) < 4.78 is 0. The van der Waals surface area contributed by atoms with E-state index < -0.39 is 0 Å². The first-order valence-corrected chi connectivity index (χ1v) is 9.70. The van der Waals surface area contributed by atoms with E-state index in [1.807, 2.05) is 12.3 Å². The summed E-state index contributed by atoms with van der Waals surface area (Å²) >= 11 is 0. The van der Waals surface area contributed by atoms with Crippen LogP contribution in [0.1, 0.15) is 13.3 Å². The summed E-state index contributed by atoms with van der Waals surface area (Å²) in [5, 5.41) is 11.7. The first-order chi connectivity index (χ1) is 13.3. The van der Waals surface area contributed by atoms with E-state index in [9.17, 15) is 5.11 Å². The van der Waals surface area contributed by atoms with Crippen molar-refractivity contribution >= 4 is 16.7 Å². The third-order valence-corrected chi connectivity index (χ3v) is 5.44. The van der Waals surface area contributed by atoms with Crippen LogP contribution in [-0.4, -0.2) is 58.8 Å². The molecule has 1 aliphatic rings. The Hall–Kier alpha value is -2.50. The van der Waals surface area contributed by atoms with Gasteiger partial charge in [-0.1, -0.05) is 43.3 Å². The number of benzene rings is 2. The van der Waals surface area contributed by atoms with Gasteiger partial charge in [-0.3, -0.25) is 4.90 Å². The Bertz CT molecular complexity index is 913. The maximum absolute atomic E-state index is 9.27. The van der Waals surface area contributed by atoms with Gasteiger partial charge in [0.1, 0.15) is 0 Å². The largest absolute Gasteiger partial charge is 0.395 e. The Morgan fingerprint density at radius 2 is 2.00 bits per heavy atom. The van der Waals surface area contributed by atoms with Crippen LogP contribution in [0.2, 0.25) is 0 Å². The number of hydrogen-bond acceptors (Lipinski definition) is 5. The van der Waals surface area contributed by atoms with Crippen LogP contribution < -0.4 is 4.90 Å². The van der Waals surface area contributed by atoms with Gasteiger partial charge in [0.15, 0.2) is 0 Å². The molecule has 1 saturated heterocycles. The number of fused-ring (bicyclic) bond motifs is 1. The normalized spacial score (nSPS) is 17.1. The number of hydrogen-bond donors (Lipinski definition) is 1. The average Bonchev–Trinajstić information content (AvgIpc) is 3.22. The first kappa shape index (κ1) is 17.9. The number of aliphatic hydroxyl groups excluding tert-OH is 1. The molecule has 1 aliphatic heterocycles. The maximum Gasteiger partial charge on any atom is 0.225 e. The molecule has 2 aromatic carbocycles. The Kier molecular flexibility index (Phi) is 5.32. The van der Waals surface area contributed by atoms with Gasteiger partial charge in [0, 0.05) is 37.4 Å². The summed E-state index contributed by atoms with van der Waals surface area (Å²) in [6.45, 7) is 5.90. The zero-order chi connectivity index (χ0) is 18.6.